The van der Waals surface area contributed by atoms with Gasteiger partial charge in [-0.05, 0) is 13.0 Å². The van der Waals surface area contributed by atoms with E-state index in [2.05, 4.69) is 0 Å². The minimum absolute atomic E-state index is 0.0514. The van der Waals surface area contributed by atoms with Crippen molar-refractivity contribution in [2.45, 2.75) is 13.3 Å². The number of aryl methyl sites for hydroxylation is 1. The lowest BCUT2D eigenvalue weighted by Gasteiger charge is -2.16. The summed E-state index contributed by atoms with van der Waals surface area (Å²) in [5, 5.41) is 19.3. The zero-order chi connectivity index (χ0) is 14.6. The molecule has 19 heavy (non-hydrogen) atoms. The van der Waals surface area contributed by atoms with Crippen molar-refractivity contribution < 1.29 is 19.6 Å². The maximum atomic E-state index is 12.0. The third kappa shape index (κ3) is 3.77. The van der Waals surface area contributed by atoms with Gasteiger partial charge in [-0.25, -0.2) is 0 Å². The fourth-order valence-corrected chi connectivity index (χ4v) is 1.52. The SMILES string of the molecule is Cc1ccc(C(=O)N(C)CCC(=O)O)cc1[N+](=O)[O-]. The third-order valence-electron chi connectivity index (χ3n) is 2.66. The van der Waals surface area contributed by atoms with Gasteiger partial charge in [-0.2, -0.15) is 0 Å². The first-order chi connectivity index (χ1) is 8.82. The molecule has 0 aliphatic heterocycles. The fraction of sp³-hybridized carbons (Fsp3) is 0.333. The number of hydrogen-bond acceptors (Lipinski definition) is 4. The Morgan fingerprint density at radius 3 is 2.58 bits per heavy atom. The van der Waals surface area contributed by atoms with Crippen LogP contribution in [-0.2, 0) is 4.79 Å². The number of carbonyl (C=O) groups is 2. The Hall–Kier alpha value is -2.44. The predicted molar refractivity (Wildman–Crippen MR) is 67.0 cm³/mol. The van der Waals surface area contributed by atoms with E-state index in [0.717, 1.165) is 0 Å². The van der Waals surface area contributed by atoms with Crippen molar-refractivity contribution in [1.29, 1.82) is 0 Å². The van der Waals surface area contributed by atoms with Crippen molar-refractivity contribution in [1.82, 2.24) is 4.90 Å². The number of nitro benzene ring substituents is 1. The molecule has 1 rings (SSSR count). The van der Waals surface area contributed by atoms with Crippen molar-refractivity contribution in [2.24, 2.45) is 0 Å². The van der Waals surface area contributed by atoms with E-state index in [4.69, 9.17) is 5.11 Å². The molecule has 0 spiro atoms. The number of carbonyl (C=O) groups excluding carboxylic acids is 1. The van der Waals surface area contributed by atoms with Gasteiger partial charge in [-0.1, -0.05) is 6.07 Å². The summed E-state index contributed by atoms with van der Waals surface area (Å²) in [6, 6.07) is 4.19. The molecular formula is C12H14N2O5. The molecule has 1 aromatic carbocycles. The van der Waals surface area contributed by atoms with E-state index in [-0.39, 0.29) is 24.2 Å². The van der Waals surface area contributed by atoms with E-state index in [1.165, 1.54) is 30.1 Å². The number of benzene rings is 1. The molecule has 7 nitrogen and oxygen atoms in total. The van der Waals surface area contributed by atoms with Crippen LogP contribution in [0.15, 0.2) is 18.2 Å². The van der Waals surface area contributed by atoms with E-state index in [9.17, 15) is 19.7 Å². The van der Waals surface area contributed by atoms with Crippen LogP contribution >= 0.6 is 0 Å². The van der Waals surface area contributed by atoms with Crippen molar-refractivity contribution in [3.63, 3.8) is 0 Å². The Labute approximate surface area is 109 Å². The van der Waals surface area contributed by atoms with Gasteiger partial charge in [0.2, 0.25) is 0 Å². The van der Waals surface area contributed by atoms with E-state index in [0.29, 0.717) is 5.56 Å². The molecule has 0 atom stereocenters. The van der Waals surface area contributed by atoms with Gasteiger partial charge in [-0.3, -0.25) is 19.7 Å². The Balaban J connectivity index is 2.91. The summed E-state index contributed by atoms with van der Waals surface area (Å²) in [5.41, 5.74) is 0.511. The first kappa shape index (κ1) is 14.6. The number of carboxylic acid groups (broad SMARTS) is 1. The molecule has 0 radical (unpaired) electrons. The number of amides is 1. The molecule has 0 saturated heterocycles. The highest BCUT2D eigenvalue weighted by Gasteiger charge is 2.17. The maximum absolute atomic E-state index is 12.0. The second-order valence-electron chi connectivity index (χ2n) is 4.13. The fourth-order valence-electron chi connectivity index (χ4n) is 1.52. The molecule has 102 valence electrons. The van der Waals surface area contributed by atoms with Gasteiger partial charge >= 0.3 is 5.97 Å². The number of hydrogen-bond donors (Lipinski definition) is 1. The summed E-state index contributed by atoms with van der Waals surface area (Å²) in [4.78, 5) is 33.8. The lowest BCUT2D eigenvalue weighted by atomic mass is 10.1. The molecule has 1 aromatic rings. The lowest BCUT2D eigenvalue weighted by molar-refractivity contribution is -0.385. The summed E-state index contributed by atoms with van der Waals surface area (Å²) in [6.07, 6.45) is -0.170. The van der Waals surface area contributed by atoms with E-state index >= 15 is 0 Å². The zero-order valence-electron chi connectivity index (χ0n) is 10.6. The van der Waals surface area contributed by atoms with Gasteiger partial charge in [0.15, 0.2) is 0 Å². The molecule has 0 aromatic heterocycles. The Morgan fingerprint density at radius 2 is 2.05 bits per heavy atom. The summed E-state index contributed by atoms with van der Waals surface area (Å²) >= 11 is 0. The molecule has 0 bridgehead atoms. The molecule has 1 amide bonds. The molecule has 7 heteroatoms. The molecular weight excluding hydrogens is 252 g/mol. The topological polar surface area (TPSA) is 101 Å². The minimum atomic E-state index is -1.01. The standard InChI is InChI=1S/C12H14N2O5/c1-8-3-4-9(7-10(8)14(18)19)12(17)13(2)6-5-11(15)16/h3-4,7H,5-6H2,1-2H3,(H,15,16). The van der Waals surface area contributed by atoms with E-state index in [1.807, 2.05) is 0 Å². The van der Waals surface area contributed by atoms with Crippen LogP contribution in [-0.4, -0.2) is 40.4 Å². The molecule has 0 aliphatic rings. The first-order valence-corrected chi connectivity index (χ1v) is 5.55. The van der Waals surface area contributed by atoms with Gasteiger partial charge < -0.3 is 10.0 Å². The number of nitrogens with zero attached hydrogens (tertiary/aromatic N) is 2. The van der Waals surface area contributed by atoms with Crippen LogP contribution in [0.4, 0.5) is 5.69 Å². The Morgan fingerprint density at radius 1 is 1.42 bits per heavy atom. The molecule has 0 aliphatic carbocycles. The highest BCUT2D eigenvalue weighted by Crippen LogP contribution is 2.20. The van der Waals surface area contributed by atoms with Gasteiger partial charge in [0, 0.05) is 30.8 Å². The van der Waals surface area contributed by atoms with Gasteiger partial charge in [0.1, 0.15) is 0 Å². The van der Waals surface area contributed by atoms with Crippen LogP contribution in [0.25, 0.3) is 0 Å². The van der Waals surface area contributed by atoms with Crippen LogP contribution in [0.1, 0.15) is 22.3 Å². The van der Waals surface area contributed by atoms with Crippen molar-refractivity contribution in [3.8, 4) is 0 Å². The quantitative estimate of drug-likeness (QED) is 0.642. The summed E-state index contributed by atoms with van der Waals surface area (Å²) in [7, 11) is 1.46. The monoisotopic (exact) mass is 266 g/mol. The first-order valence-electron chi connectivity index (χ1n) is 5.55. The molecule has 0 fully saturated rings. The van der Waals surface area contributed by atoms with Gasteiger partial charge in [0.25, 0.3) is 11.6 Å². The number of rotatable bonds is 5. The van der Waals surface area contributed by atoms with Crippen LogP contribution in [0.3, 0.4) is 0 Å². The third-order valence-corrected chi connectivity index (χ3v) is 2.66. The van der Waals surface area contributed by atoms with Crippen LogP contribution in [0, 0.1) is 17.0 Å². The predicted octanol–water partition coefficient (Wildman–Crippen LogP) is 1.45. The lowest BCUT2D eigenvalue weighted by Crippen LogP contribution is -2.29. The summed E-state index contributed by atoms with van der Waals surface area (Å²) < 4.78 is 0. The number of aliphatic carboxylic acids is 1. The van der Waals surface area contributed by atoms with E-state index in [1.54, 1.807) is 6.92 Å². The number of nitro groups is 1. The van der Waals surface area contributed by atoms with E-state index < -0.39 is 16.8 Å². The van der Waals surface area contributed by atoms with Crippen LogP contribution in [0.2, 0.25) is 0 Å². The van der Waals surface area contributed by atoms with Crippen molar-refractivity contribution in [3.05, 3.63) is 39.4 Å². The molecule has 0 unspecified atom stereocenters. The smallest absolute Gasteiger partial charge is 0.305 e. The molecule has 1 N–H and O–H groups in total. The van der Waals surface area contributed by atoms with Gasteiger partial charge in [0.05, 0.1) is 11.3 Å². The van der Waals surface area contributed by atoms with Crippen LogP contribution < -0.4 is 0 Å². The molecule has 0 saturated carbocycles. The average molecular weight is 266 g/mol. The van der Waals surface area contributed by atoms with Crippen LogP contribution in [0.5, 0.6) is 0 Å². The largest absolute Gasteiger partial charge is 0.481 e. The second-order valence-corrected chi connectivity index (χ2v) is 4.13. The highest BCUT2D eigenvalue weighted by atomic mass is 16.6. The average Bonchev–Trinajstić information content (AvgIpc) is 2.35. The van der Waals surface area contributed by atoms with Crippen molar-refractivity contribution in [2.75, 3.05) is 13.6 Å². The Kier molecular flexibility index (Phi) is 4.57. The highest BCUT2D eigenvalue weighted by molar-refractivity contribution is 5.95. The maximum Gasteiger partial charge on any atom is 0.305 e. The second kappa shape index (κ2) is 5.94. The normalized spacial score (nSPS) is 10.0. The summed E-state index contributed by atoms with van der Waals surface area (Å²) in [6.45, 7) is 1.64. The summed E-state index contributed by atoms with van der Waals surface area (Å²) in [5.74, 6) is -1.45. The number of carboxylic acids is 1. The van der Waals surface area contributed by atoms with Gasteiger partial charge in [-0.15, -0.1) is 0 Å². The Bertz CT molecular complexity index is 527. The minimum Gasteiger partial charge on any atom is -0.481 e. The van der Waals surface area contributed by atoms with Crippen molar-refractivity contribution >= 4 is 17.6 Å². The zero-order valence-corrected chi connectivity index (χ0v) is 10.6. The molecule has 0 heterocycles.